The van der Waals surface area contributed by atoms with Crippen molar-refractivity contribution in [1.29, 1.82) is 0 Å². The average Bonchev–Trinajstić information content (AvgIpc) is 2.40. The minimum absolute atomic E-state index is 0.178. The van der Waals surface area contributed by atoms with Crippen molar-refractivity contribution in [2.24, 2.45) is 0 Å². The van der Waals surface area contributed by atoms with Gasteiger partial charge >= 0.3 is 0 Å². The van der Waals surface area contributed by atoms with Crippen LogP contribution in [0.1, 0.15) is 47.0 Å². The number of hydrogen-bond acceptors (Lipinski definition) is 1. The Hall–Kier alpha value is -0.830. The Kier molecular flexibility index (Phi) is 9.66. The molecule has 0 rings (SSSR count). The largest absolute Gasteiger partial charge is 0.350 e. The van der Waals surface area contributed by atoms with Crippen molar-refractivity contribution in [3.8, 4) is 0 Å². The van der Waals surface area contributed by atoms with Crippen molar-refractivity contribution in [2.45, 2.75) is 47.0 Å². The topological polar surface area (TPSA) is 29.1 Å². The van der Waals surface area contributed by atoms with E-state index < -0.39 is 0 Å². The maximum atomic E-state index is 11.6. The van der Waals surface area contributed by atoms with Gasteiger partial charge in [-0.2, -0.15) is 0 Å². The van der Waals surface area contributed by atoms with Crippen LogP contribution in [0.3, 0.4) is 0 Å². The molecule has 0 saturated heterocycles. The van der Waals surface area contributed by atoms with Crippen molar-refractivity contribution in [2.75, 3.05) is 32.7 Å². The molecule has 3 heteroatoms. The minimum atomic E-state index is 0.178. The third-order valence-corrected chi connectivity index (χ3v) is 3.86. The highest BCUT2D eigenvalue weighted by atomic mass is 16.1. The van der Waals surface area contributed by atoms with Gasteiger partial charge in [-0.3, -0.25) is 4.79 Å². The molecule has 1 N–H and O–H groups in total. The van der Waals surface area contributed by atoms with Gasteiger partial charge in [0.25, 0.3) is 0 Å². The first kappa shape index (κ1) is 17.2. The lowest BCUT2D eigenvalue weighted by molar-refractivity contribution is -0.922. The van der Waals surface area contributed by atoms with Gasteiger partial charge in [-0.1, -0.05) is 19.1 Å². The number of carbonyl (C=O) groups excluding carboxylic acids is 1. The van der Waals surface area contributed by atoms with E-state index in [0.717, 1.165) is 50.0 Å². The van der Waals surface area contributed by atoms with E-state index in [2.05, 4.69) is 45.2 Å². The average molecular weight is 255 g/mol. The highest BCUT2D eigenvalue weighted by molar-refractivity contribution is 5.75. The van der Waals surface area contributed by atoms with Crippen LogP contribution in [0.5, 0.6) is 0 Å². The number of amides is 1. The molecule has 0 saturated carbocycles. The van der Waals surface area contributed by atoms with Gasteiger partial charge in [0.2, 0.25) is 5.91 Å². The van der Waals surface area contributed by atoms with Gasteiger partial charge < -0.3 is 9.80 Å². The van der Waals surface area contributed by atoms with Crippen LogP contribution < -0.4 is 5.32 Å². The molecule has 0 atom stereocenters. The molecule has 0 aliphatic heterocycles. The van der Waals surface area contributed by atoms with Crippen molar-refractivity contribution in [3.63, 3.8) is 0 Å². The Morgan fingerprint density at radius 1 is 1.06 bits per heavy atom. The second kappa shape index (κ2) is 10.1. The zero-order chi connectivity index (χ0) is 13.9. The quantitative estimate of drug-likeness (QED) is 0.472. The number of quaternary nitrogens is 1. The Balaban J connectivity index is 3.82. The molecule has 0 spiro atoms. The van der Waals surface area contributed by atoms with E-state index in [0.29, 0.717) is 6.42 Å². The Morgan fingerprint density at radius 3 is 2.17 bits per heavy atom. The lowest BCUT2D eigenvalue weighted by atomic mass is 10.2. The molecule has 3 nitrogen and oxygen atoms in total. The normalized spacial score (nSPS) is 12.0. The van der Waals surface area contributed by atoms with Crippen LogP contribution in [-0.4, -0.2) is 43.1 Å². The lowest BCUT2D eigenvalue weighted by Gasteiger charge is -2.35. The van der Waals surface area contributed by atoms with Gasteiger partial charge in [-0.15, -0.1) is 0 Å². The fourth-order valence-electron chi connectivity index (χ4n) is 2.16. The van der Waals surface area contributed by atoms with Gasteiger partial charge in [-0.05, 0) is 33.6 Å². The first-order valence-corrected chi connectivity index (χ1v) is 7.40. The monoisotopic (exact) mass is 255 g/mol. The maximum absolute atomic E-state index is 11.6. The Morgan fingerprint density at radius 2 is 1.67 bits per heavy atom. The number of nitrogens with one attached hydrogen (secondary N) is 1. The summed E-state index contributed by atoms with van der Waals surface area (Å²) in [5.41, 5.74) is 0. The van der Waals surface area contributed by atoms with Crippen LogP contribution in [-0.2, 0) is 4.79 Å². The third kappa shape index (κ3) is 6.80. The number of hydrogen-bond donors (Lipinski definition) is 1. The molecular formula is C15H31N2O+. The van der Waals surface area contributed by atoms with Gasteiger partial charge in [0.05, 0.1) is 32.7 Å². The SMILES string of the molecule is CC/C=C/CCC(=O)NCC[N+](CC)(CC)CC. The highest BCUT2D eigenvalue weighted by Crippen LogP contribution is 2.04. The molecule has 1 amide bonds. The summed E-state index contributed by atoms with van der Waals surface area (Å²) in [4.78, 5) is 11.6. The van der Waals surface area contributed by atoms with E-state index in [-0.39, 0.29) is 5.91 Å². The molecule has 0 aromatic rings. The summed E-state index contributed by atoms with van der Waals surface area (Å²) in [7, 11) is 0. The van der Waals surface area contributed by atoms with E-state index in [4.69, 9.17) is 0 Å². The van der Waals surface area contributed by atoms with Crippen LogP contribution >= 0.6 is 0 Å². The molecule has 0 aliphatic rings. The molecule has 0 radical (unpaired) electrons. The van der Waals surface area contributed by atoms with Crippen molar-refractivity contribution in [3.05, 3.63) is 12.2 Å². The maximum Gasteiger partial charge on any atom is 0.220 e. The van der Waals surface area contributed by atoms with Crippen LogP contribution in [0.4, 0.5) is 0 Å². The van der Waals surface area contributed by atoms with E-state index in [1.54, 1.807) is 0 Å². The zero-order valence-electron chi connectivity index (χ0n) is 12.7. The van der Waals surface area contributed by atoms with Gasteiger partial charge in [0, 0.05) is 6.42 Å². The smallest absolute Gasteiger partial charge is 0.220 e. The summed E-state index contributed by atoms with van der Waals surface area (Å²) in [6.07, 6.45) is 6.71. The highest BCUT2D eigenvalue weighted by Gasteiger charge is 2.19. The summed E-state index contributed by atoms with van der Waals surface area (Å²) in [5, 5.41) is 3.03. The first-order chi connectivity index (χ1) is 8.64. The molecule has 0 bridgehead atoms. The molecule has 0 heterocycles. The van der Waals surface area contributed by atoms with Crippen molar-refractivity contribution < 1.29 is 9.28 Å². The van der Waals surface area contributed by atoms with Gasteiger partial charge in [-0.25, -0.2) is 0 Å². The summed E-state index contributed by atoms with van der Waals surface area (Å²) < 4.78 is 1.09. The van der Waals surface area contributed by atoms with Crippen molar-refractivity contribution in [1.82, 2.24) is 5.32 Å². The predicted molar refractivity (Wildman–Crippen MR) is 78.4 cm³/mol. The molecule has 0 aromatic heterocycles. The molecule has 0 unspecified atom stereocenters. The van der Waals surface area contributed by atoms with Crippen molar-refractivity contribution >= 4 is 5.91 Å². The van der Waals surface area contributed by atoms with E-state index >= 15 is 0 Å². The second-order valence-corrected chi connectivity index (χ2v) is 4.78. The fourth-order valence-corrected chi connectivity index (χ4v) is 2.16. The number of allylic oxidation sites excluding steroid dienone is 2. The number of nitrogens with zero attached hydrogens (tertiary/aromatic N) is 1. The van der Waals surface area contributed by atoms with E-state index in [1.807, 2.05) is 0 Å². The first-order valence-electron chi connectivity index (χ1n) is 7.40. The molecule has 0 aliphatic carbocycles. The number of carbonyl (C=O) groups is 1. The standard InChI is InChI=1S/C15H30N2O/c1-5-9-10-11-12-15(18)16-13-14-17(6-2,7-3)8-4/h9-10H,5-8,11-14H2,1-4H3/p+1/b10-9+. The molecule has 106 valence electrons. The van der Waals surface area contributed by atoms with Crippen LogP contribution in [0, 0.1) is 0 Å². The third-order valence-electron chi connectivity index (χ3n) is 3.86. The van der Waals surface area contributed by atoms with E-state index in [1.165, 1.54) is 0 Å². The Bertz CT molecular complexity index is 237. The summed E-state index contributed by atoms with van der Waals surface area (Å²) in [6.45, 7) is 14.0. The Labute approximate surface area is 113 Å². The van der Waals surface area contributed by atoms with Crippen LogP contribution in [0.2, 0.25) is 0 Å². The van der Waals surface area contributed by atoms with Gasteiger partial charge in [0.15, 0.2) is 0 Å². The fraction of sp³-hybridized carbons (Fsp3) is 0.800. The molecule has 0 aromatic carbocycles. The molecule has 0 fully saturated rings. The second-order valence-electron chi connectivity index (χ2n) is 4.78. The van der Waals surface area contributed by atoms with Gasteiger partial charge in [0.1, 0.15) is 0 Å². The summed E-state index contributed by atoms with van der Waals surface area (Å²) in [5.74, 6) is 0.178. The lowest BCUT2D eigenvalue weighted by Crippen LogP contribution is -2.51. The molecular weight excluding hydrogens is 224 g/mol. The zero-order valence-corrected chi connectivity index (χ0v) is 12.7. The summed E-state index contributed by atoms with van der Waals surface area (Å²) in [6, 6.07) is 0. The van der Waals surface area contributed by atoms with Crippen LogP contribution in [0.15, 0.2) is 12.2 Å². The summed E-state index contributed by atoms with van der Waals surface area (Å²) >= 11 is 0. The van der Waals surface area contributed by atoms with E-state index in [9.17, 15) is 4.79 Å². The number of likely N-dealkylation sites (N-methyl/N-ethyl adjacent to an activating group) is 1. The minimum Gasteiger partial charge on any atom is -0.350 e. The predicted octanol–water partition coefficient (Wildman–Crippen LogP) is 2.73. The molecule has 18 heavy (non-hydrogen) atoms. The van der Waals surface area contributed by atoms with Crippen LogP contribution in [0.25, 0.3) is 0 Å². The number of rotatable bonds is 10.